The zero-order valence-electron chi connectivity index (χ0n) is 17.0. The van der Waals surface area contributed by atoms with Crippen LogP contribution in [0.2, 0.25) is 0 Å². The number of anilines is 1. The van der Waals surface area contributed by atoms with Crippen molar-refractivity contribution in [2.75, 3.05) is 12.0 Å². The lowest BCUT2D eigenvalue weighted by Crippen LogP contribution is -2.41. The van der Waals surface area contributed by atoms with Gasteiger partial charge in [-0.05, 0) is 36.2 Å². The van der Waals surface area contributed by atoms with Gasteiger partial charge in [-0.25, -0.2) is 0 Å². The Labute approximate surface area is 175 Å². The molecule has 0 bridgehead atoms. The average Bonchev–Trinajstić information content (AvgIpc) is 3.24. The fourth-order valence-corrected chi connectivity index (χ4v) is 4.57. The van der Waals surface area contributed by atoms with Crippen LogP contribution in [0.25, 0.3) is 0 Å². The Morgan fingerprint density at radius 2 is 1.63 bits per heavy atom. The number of hydrogen-bond donors (Lipinski definition) is 1. The van der Waals surface area contributed by atoms with E-state index in [0.717, 1.165) is 12.8 Å². The van der Waals surface area contributed by atoms with Gasteiger partial charge in [0.2, 0.25) is 0 Å². The molecule has 1 aliphatic carbocycles. The number of fused-ring (bicyclic) bond motifs is 2. The van der Waals surface area contributed by atoms with E-state index in [9.17, 15) is 9.90 Å². The summed E-state index contributed by atoms with van der Waals surface area (Å²) in [6, 6.07) is 20.8. The molecule has 152 valence electrons. The van der Waals surface area contributed by atoms with E-state index in [4.69, 9.17) is 9.47 Å². The van der Waals surface area contributed by atoms with Crippen molar-refractivity contribution in [2.45, 2.75) is 31.6 Å². The standard InChI is InChI=1S/C25H23NO4/c1-25(28)21-10-6-5-9-20(21)24(27)26(25)18-11-12-22(29-2)23(15-18)30-19-13-16-7-3-4-8-17(16)14-19/h3-12,15,19,28H,13-14H2,1-2H3. The second-order valence-electron chi connectivity index (χ2n) is 7.96. The van der Waals surface area contributed by atoms with Crippen LogP contribution >= 0.6 is 0 Å². The van der Waals surface area contributed by atoms with Gasteiger partial charge < -0.3 is 14.6 Å². The monoisotopic (exact) mass is 401 g/mol. The van der Waals surface area contributed by atoms with Gasteiger partial charge >= 0.3 is 0 Å². The average molecular weight is 401 g/mol. The second-order valence-corrected chi connectivity index (χ2v) is 7.96. The van der Waals surface area contributed by atoms with Crippen molar-refractivity contribution < 1.29 is 19.4 Å². The first-order valence-electron chi connectivity index (χ1n) is 10.1. The highest BCUT2D eigenvalue weighted by Gasteiger charge is 2.46. The molecule has 5 nitrogen and oxygen atoms in total. The molecule has 1 heterocycles. The van der Waals surface area contributed by atoms with Gasteiger partial charge in [0.25, 0.3) is 5.91 Å². The molecule has 3 aromatic rings. The SMILES string of the molecule is COc1ccc(N2C(=O)c3ccccc3C2(C)O)cc1OC1Cc2ccccc2C1. The summed E-state index contributed by atoms with van der Waals surface area (Å²) in [6.07, 6.45) is 1.66. The normalized spacial score (nSPS) is 20.2. The number of benzene rings is 3. The van der Waals surface area contributed by atoms with E-state index in [0.29, 0.717) is 28.3 Å². The van der Waals surface area contributed by atoms with E-state index >= 15 is 0 Å². The fraction of sp³-hybridized carbons (Fsp3) is 0.240. The summed E-state index contributed by atoms with van der Waals surface area (Å²) in [5.41, 5.74) is 2.82. The molecule has 1 atom stereocenters. The van der Waals surface area contributed by atoms with Crippen LogP contribution in [0.3, 0.4) is 0 Å². The van der Waals surface area contributed by atoms with E-state index in [2.05, 4.69) is 12.1 Å². The molecule has 0 saturated heterocycles. The number of rotatable bonds is 4. The Bertz CT molecular complexity index is 1110. The van der Waals surface area contributed by atoms with Crippen molar-refractivity contribution in [3.63, 3.8) is 0 Å². The van der Waals surface area contributed by atoms with Crippen LogP contribution in [0, 0.1) is 0 Å². The lowest BCUT2D eigenvalue weighted by Gasteiger charge is -2.31. The number of aliphatic hydroxyl groups is 1. The molecule has 2 aliphatic rings. The first kappa shape index (κ1) is 18.7. The predicted octanol–water partition coefficient (Wildman–Crippen LogP) is 4.07. The molecular weight excluding hydrogens is 378 g/mol. The minimum Gasteiger partial charge on any atom is -0.493 e. The molecule has 1 unspecified atom stereocenters. The highest BCUT2D eigenvalue weighted by Crippen LogP contribution is 2.43. The van der Waals surface area contributed by atoms with Gasteiger partial charge in [-0.2, -0.15) is 0 Å². The molecule has 0 spiro atoms. The molecule has 0 fully saturated rings. The molecule has 30 heavy (non-hydrogen) atoms. The second kappa shape index (κ2) is 6.89. The van der Waals surface area contributed by atoms with Gasteiger partial charge in [0.1, 0.15) is 6.10 Å². The zero-order valence-corrected chi connectivity index (χ0v) is 17.0. The van der Waals surface area contributed by atoms with Gasteiger partial charge in [0.15, 0.2) is 17.2 Å². The van der Waals surface area contributed by atoms with Crippen molar-refractivity contribution in [3.8, 4) is 11.5 Å². The Morgan fingerprint density at radius 1 is 0.967 bits per heavy atom. The molecule has 0 radical (unpaired) electrons. The molecule has 5 heteroatoms. The van der Waals surface area contributed by atoms with E-state index in [1.54, 1.807) is 50.4 Å². The van der Waals surface area contributed by atoms with Crippen molar-refractivity contribution in [3.05, 3.63) is 89.0 Å². The van der Waals surface area contributed by atoms with Crippen molar-refractivity contribution in [2.24, 2.45) is 0 Å². The molecule has 1 amide bonds. The molecule has 3 aromatic carbocycles. The van der Waals surface area contributed by atoms with Crippen LogP contribution in [0.1, 0.15) is 34.0 Å². The lowest BCUT2D eigenvalue weighted by molar-refractivity contribution is 0.0554. The van der Waals surface area contributed by atoms with Crippen LogP contribution < -0.4 is 14.4 Å². The Hall–Kier alpha value is -3.31. The topological polar surface area (TPSA) is 59.0 Å². The van der Waals surface area contributed by atoms with E-state index < -0.39 is 5.72 Å². The number of methoxy groups -OCH3 is 1. The van der Waals surface area contributed by atoms with Gasteiger partial charge in [-0.1, -0.05) is 42.5 Å². The van der Waals surface area contributed by atoms with Crippen LogP contribution in [-0.2, 0) is 18.6 Å². The van der Waals surface area contributed by atoms with Gasteiger partial charge in [0, 0.05) is 30.0 Å². The highest BCUT2D eigenvalue weighted by atomic mass is 16.5. The van der Waals surface area contributed by atoms with E-state index in [-0.39, 0.29) is 12.0 Å². The number of hydrogen-bond acceptors (Lipinski definition) is 4. The first-order chi connectivity index (χ1) is 14.5. The highest BCUT2D eigenvalue weighted by molar-refractivity contribution is 6.11. The van der Waals surface area contributed by atoms with Crippen LogP contribution in [0.4, 0.5) is 5.69 Å². The Kier molecular flexibility index (Phi) is 4.29. The number of carbonyl (C=O) groups excluding carboxylic acids is 1. The summed E-state index contributed by atoms with van der Waals surface area (Å²) in [5.74, 6) is 0.922. The first-order valence-corrected chi connectivity index (χ1v) is 10.1. The van der Waals surface area contributed by atoms with Gasteiger partial charge in [0.05, 0.1) is 12.8 Å². The van der Waals surface area contributed by atoms with Crippen LogP contribution in [0.15, 0.2) is 66.7 Å². The number of ether oxygens (including phenoxy) is 2. The largest absolute Gasteiger partial charge is 0.493 e. The van der Waals surface area contributed by atoms with Gasteiger partial charge in [-0.15, -0.1) is 0 Å². The van der Waals surface area contributed by atoms with Crippen molar-refractivity contribution >= 4 is 11.6 Å². The molecule has 5 rings (SSSR count). The minimum atomic E-state index is -1.44. The lowest BCUT2D eigenvalue weighted by atomic mass is 10.0. The fourth-order valence-electron chi connectivity index (χ4n) is 4.57. The summed E-state index contributed by atoms with van der Waals surface area (Å²) < 4.78 is 11.8. The molecule has 1 aliphatic heterocycles. The summed E-state index contributed by atoms with van der Waals surface area (Å²) in [5, 5.41) is 11.2. The maximum Gasteiger partial charge on any atom is 0.261 e. The molecule has 0 aromatic heterocycles. The molecule has 1 N–H and O–H groups in total. The van der Waals surface area contributed by atoms with Crippen LogP contribution in [0.5, 0.6) is 11.5 Å². The number of carbonyl (C=O) groups is 1. The Morgan fingerprint density at radius 3 is 2.30 bits per heavy atom. The summed E-state index contributed by atoms with van der Waals surface area (Å²) in [4.78, 5) is 14.5. The molecule has 0 saturated carbocycles. The van der Waals surface area contributed by atoms with Gasteiger partial charge in [-0.3, -0.25) is 9.69 Å². The zero-order chi connectivity index (χ0) is 20.9. The van der Waals surface area contributed by atoms with Crippen molar-refractivity contribution in [1.82, 2.24) is 0 Å². The smallest absolute Gasteiger partial charge is 0.261 e. The third-order valence-corrected chi connectivity index (χ3v) is 6.02. The number of amides is 1. The third kappa shape index (κ3) is 2.85. The summed E-state index contributed by atoms with van der Waals surface area (Å²) >= 11 is 0. The summed E-state index contributed by atoms with van der Waals surface area (Å²) in [7, 11) is 1.60. The van der Waals surface area contributed by atoms with E-state index in [1.807, 2.05) is 18.2 Å². The third-order valence-electron chi connectivity index (χ3n) is 6.02. The quantitative estimate of drug-likeness (QED) is 0.716. The maximum atomic E-state index is 13.1. The maximum absolute atomic E-state index is 13.1. The Balaban J connectivity index is 1.48. The van der Waals surface area contributed by atoms with Crippen molar-refractivity contribution in [1.29, 1.82) is 0 Å². The number of nitrogens with zero attached hydrogens (tertiary/aromatic N) is 1. The van der Waals surface area contributed by atoms with Crippen LogP contribution in [-0.4, -0.2) is 24.2 Å². The minimum absolute atomic E-state index is 0.00135. The molecular formula is C25H23NO4. The van der Waals surface area contributed by atoms with E-state index in [1.165, 1.54) is 16.0 Å². The summed E-state index contributed by atoms with van der Waals surface area (Å²) in [6.45, 7) is 1.63. The predicted molar refractivity (Wildman–Crippen MR) is 114 cm³/mol.